The quantitative estimate of drug-likeness (QED) is 0.347. The van der Waals surface area contributed by atoms with Crippen molar-refractivity contribution < 1.29 is 18.0 Å². The molecule has 0 spiro atoms. The van der Waals surface area contributed by atoms with Gasteiger partial charge in [-0.25, -0.2) is 8.42 Å². The van der Waals surface area contributed by atoms with Crippen molar-refractivity contribution in [2.45, 2.75) is 31.3 Å². The summed E-state index contributed by atoms with van der Waals surface area (Å²) >= 11 is 18.1. The number of nitrogens with one attached hydrogen (secondary N) is 1. The smallest absolute Gasteiger partial charge is 0.264 e. The van der Waals surface area contributed by atoms with Gasteiger partial charge in [-0.1, -0.05) is 53.0 Å². The lowest BCUT2D eigenvalue weighted by Gasteiger charge is -2.32. The zero-order valence-electron chi connectivity index (χ0n) is 20.2. The maximum atomic E-state index is 13.7. The first-order chi connectivity index (χ1) is 17.5. The van der Waals surface area contributed by atoms with Crippen molar-refractivity contribution in [3.63, 3.8) is 0 Å². The predicted molar refractivity (Wildman–Crippen MR) is 148 cm³/mol. The van der Waals surface area contributed by atoms with E-state index < -0.39 is 28.5 Å². The van der Waals surface area contributed by atoms with Crippen LogP contribution in [0.1, 0.15) is 19.4 Å². The van der Waals surface area contributed by atoms with Crippen LogP contribution in [-0.4, -0.2) is 44.3 Å². The van der Waals surface area contributed by atoms with Gasteiger partial charge in [0.2, 0.25) is 11.8 Å². The number of likely N-dealkylation sites (N-methyl/N-ethyl adjacent to an activating group) is 1. The first kappa shape index (κ1) is 28.8. The standard InChI is InChI=1S/C26H26Cl3N3O4S/c1-3-30-26(34)18(2)31(16-19-7-9-20(27)10-8-19)25(33)17-32(23-6-4-5-22(29)15-23)37(35,36)24-13-11-21(28)12-14-24/h4-15,18H,3,16-17H2,1-2H3,(H,30,34)/t18-/m1/s1. The molecule has 0 heterocycles. The van der Waals surface area contributed by atoms with Gasteiger partial charge in [-0.05, 0) is 74.0 Å². The Morgan fingerprint density at radius 3 is 2.05 bits per heavy atom. The van der Waals surface area contributed by atoms with Crippen molar-refractivity contribution in [3.8, 4) is 0 Å². The fraction of sp³-hybridized carbons (Fsp3) is 0.231. The number of amides is 2. The summed E-state index contributed by atoms with van der Waals surface area (Å²) in [5.41, 5.74) is 0.927. The predicted octanol–water partition coefficient (Wildman–Crippen LogP) is 5.40. The molecule has 0 saturated heterocycles. The van der Waals surface area contributed by atoms with E-state index in [1.54, 1.807) is 56.3 Å². The molecule has 0 bridgehead atoms. The zero-order valence-corrected chi connectivity index (χ0v) is 23.3. The minimum absolute atomic E-state index is 0.0503. The fourth-order valence-corrected chi connectivity index (χ4v) is 5.43. The third-order valence-corrected chi connectivity index (χ3v) is 8.09. The third-order valence-electron chi connectivity index (χ3n) is 5.56. The number of benzene rings is 3. The largest absolute Gasteiger partial charge is 0.355 e. The van der Waals surface area contributed by atoms with Crippen molar-refractivity contribution >= 4 is 62.3 Å². The Bertz CT molecular complexity index is 1350. The number of carbonyl (C=O) groups excluding carboxylic acids is 2. The number of hydrogen-bond acceptors (Lipinski definition) is 4. The van der Waals surface area contributed by atoms with Crippen LogP contribution >= 0.6 is 34.8 Å². The second-order valence-corrected chi connectivity index (χ2v) is 11.3. The SMILES string of the molecule is CCNC(=O)[C@@H](C)N(Cc1ccc(Cl)cc1)C(=O)CN(c1cccc(Cl)c1)S(=O)(=O)c1ccc(Cl)cc1. The summed E-state index contributed by atoms with van der Waals surface area (Å²) in [7, 11) is -4.20. The molecule has 37 heavy (non-hydrogen) atoms. The minimum atomic E-state index is -4.20. The molecule has 11 heteroatoms. The van der Waals surface area contributed by atoms with E-state index in [1.165, 1.54) is 35.2 Å². The van der Waals surface area contributed by atoms with Crippen LogP contribution in [0.25, 0.3) is 0 Å². The molecule has 0 aliphatic carbocycles. The molecular formula is C26H26Cl3N3O4S. The molecule has 2 amide bonds. The van der Waals surface area contributed by atoms with Crippen LogP contribution in [0, 0.1) is 0 Å². The molecule has 3 rings (SSSR count). The average Bonchev–Trinajstić information content (AvgIpc) is 2.86. The Hall–Kier alpha value is -2.78. The Balaban J connectivity index is 2.02. The Labute approximate surface area is 232 Å². The Morgan fingerprint density at radius 1 is 0.892 bits per heavy atom. The average molecular weight is 583 g/mol. The molecule has 0 aliphatic heterocycles. The highest BCUT2D eigenvalue weighted by atomic mass is 35.5. The van der Waals surface area contributed by atoms with Gasteiger partial charge in [-0.15, -0.1) is 0 Å². The molecule has 0 unspecified atom stereocenters. The maximum absolute atomic E-state index is 13.7. The van der Waals surface area contributed by atoms with Crippen LogP contribution in [0.3, 0.4) is 0 Å². The van der Waals surface area contributed by atoms with Gasteiger partial charge in [0, 0.05) is 28.2 Å². The van der Waals surface area contributed by atoms with Gasteiger partial charge in [0.1, 0.15) is 12.6 Å². The van der Waals surface area contributed by atoms with Gasteiger partial charge in [-0.3, -0.25) is 13.9 Å². The topological polar surface area (TPSA) is 86.8 Å². The number of anilines is 1. The van der Waals surface area contributed by atoms with Crippen LogP contribution in [0.4, 0.5) is 5.69 Å². The second-order valence-electron chi connectivity index (χ2n) is 8.16. The first-order valence-corrected chi connectivity index (χ1v) is 14.0. The monoisotopic (exact) mass is 581 g/mol. The first-order valence-electron chi connectivity index (χ1n) is 11.4. The summed E-state index contributed by atoms with van der Waals surface area (Å²) < 4.78 is 28.4. The lowest BCUT2D eigenvalue weighted by molar-refractivity contribution is -0.139. The minimum Gasteiger partial charge on any atom is -0.355 e. The molecule has 0 aliphatic rings. The molecule has 0 radical (unpaired) electrons. The summed E-state index contributed by atoms with van der Waals surface area (Å²) in [5.74, 6) is -0.939. The Morgan fingerprint density at radius 2 is 1.49 bits per heavy atom. The molecule has 7 nitrogen and oxygen atoms in total. The van der Waals surface area contributed by atoms with E-state index in [9.17, 15) is 18.0 Å². The lowest BCUT2D eigenvalue weighted by atomic mass is 10.1. The Kier molecular flexibility index (Phi) is 9.84. The van der Waals surface area contributed by atoms with Crippen LogP contribution in [0.15, 0.2) is 77.7 Å². The number of rotatable bonds is 10. The molecular weight excluding hydrogens is 557 g/mol. The molecule has 1 N–H and O–H groups in total. The van der Waals surface area contributed by atoms with Crippen LogP contribution in [0.5, 0.6) is 0 Å². The van der Waals surface area contributed by atoms with Gasteiger partial charge >= 0.3 is 0 Å². The molecule has 3 aromatic rings. The van der Waals surface area contributed by atoms with Crippen LogP contribution in [0.2, 0.25) is 15.1 Å². The van der Waals surface area contributed by atoms with E-state index in [4.69, 9.17) is 34.8 Å². The third kappa shape index (κ3) is 7.38. The molecule has 0 fully saturated rings. The summed E-state index contributed by atoms with van der Waals surface area (Å²) in [6, 6.07) is 17.8. The number of nitrogens with zero attached hydrogens (tertiary/aromatic N) is 2. The van der Waals surface area contributed by atoms with Gasteiger partial charge < -0.3 is 10.2 Å². The molecule has 196 valence electrons. The summed E-state index contributed by atoms with van der Waals surface area (Å²) in [6.07, 6.45) is 0. The lowest BCUT2D eigenvalue weighted by Crippen LogP contribution is -2.51. The highest BCUT2D eigenvalue weighted by molar-refractivity contribution is 7.92. The van der Waals surface area contributed by atoms with E-state index >= 15 is 0 Å². The molecule has 1 atom stereocenters. The van der Waals surface area contributed by atoms with Crippen molar-refractivity contribution in [1.82, 2.24) is 10.2 Å². The summed E-state index contributed by atoms with van der Waals surface area (Å²) in [4.78, 5) is 27.7. The van der Waals surface area contributed by atoms with E-state index in [2.05, 4.69) is 5.32 Å². The van der Waals surface area contributed by atoms with Crippen molar-refractivity contribution in [2.24, 2.45) is 0 Å². The molecule has 0 aromatic heterocycles. The number of halogens is 3. The highest BCUT2D eigenvalue weighted by Crippen LogP contribution is 2.27. The number of carbonyl (C=O) groups is 2. The number of sulfonamides is 1. The highest BCUT2D eigenvalue weighted by Gasteiger charge is 2.32. The van der Waals surface area contributed by atoms with Gasteiger partial charge in [0.25, 0.3) is 10.0 Å². The van der Waals surface area contributed by atoms with Crippen LogP contribution < -0.4 is 9.62 Å². The maximum Gasteiger partial charge on any atom is 0.264 e. The van der Waals surface area contributed by atoms with Gasteiger partial charge in [0.05, 0.1) is 10.6 Å². The van der Waals surface area contributed by atoms with Gasteiger partial charge in [-0.2, -0.15) is 0 Å². The zero-order chi connectivity index (χ0) is 27.2. The molecule has 3 aromatic carbocycles. The second kappa shape index (κ2) is 12.6. The van der Waals surface area contributed by atoms with Crippen molar-refractivity contribution in [2.75, 3.05) is 17.4 Å². The summed E-state index contributed by atoms with van der Waals surface area (Å²) in [5, 5.41) is 3.91. The van der Waals surface area contributed by atoms with Crippen molar-refractivity contribution in [1.29, 1.82) is 0 Å². The van der Waals surface area contributed by atoms with E-state index in [0.717, 1.165) is 9.87 Å². The van der Waals surface area contributed by atoms with Crippen LogP contribution in [-0.2, 0) is 26.2 Å². The van der Waals surface area contributed by atoms with Gasteiger partial charge in [0.15, 0.2) is 0 Å². The van der Waals surface area contributed by atoms with E-state index in [0.29, 0.717) is 21.6 Å². The fourth-order valence-electron chi connectivity index (χ4n) is 3.58. The normalized spacial score (nSPS) is 12.0. The van der Waals surface area contributed by atoms with Crippen molar-refractivity contribution in [3.05, 3.63) is 93.4 Å². The van der Waals surface area contributed by atoms with E-state index in [-0.39, 0.29) is 23.0 Å². The molecule has 0 saturated carbocycles. The summed E-state index contributed by atoms with van der Waals surface area (Å²) in [6.45, 7) is 3.25. The number of hydrogen-bond donors (Lipinski definition) is 1. The van der Waals surface area contributed by atoms with E-state index in [1.807, 2.05) is 0 Å².